The predicted molar refractivity (Wildman–Crippen MR) is 68.4 cm³/mol. The molecule has 2 N–H and O–H groups in total. The Labute approximate surface area is 105 Å². The molecule has 0 radical (unpaired) electrons. The number of rotatable bonds is 5. The third-order valence-corrected chi connectivity index (χ3v) is 3.29. The Balaban J connectivity index is 2.80. The van der Waals surface area contributed by atoms with Crippen molar-refractivity contribution in [1.82, 2.24) is 4.90 Å². The highest BCUT2D eigenvalue weighted by Crippen LogP contribution is 2.23. The van der Waals surface area contributed by atoms with Crippen molar-refractivity contribution in [2.75, 3.05) is 13.2 Å². The SMILES string of the molecule is CC(C)N(CCO)Cc1cc(O)ccc1Br. The van der Waals surface area contributed by atoms with E-state index in [1.807, 2.05) is 6.07 Å². The standard InChI is InChI=1S/C12H18BrNO2/c1-9(2)14(5-6-15)8-10-7-11(16)3-4-12(10)13/h3-4,7,9,15-16H,5-6,8H2,1-2H3. The van der Waals surface area contributed by atoms with Gasteiger partial charge >= 0.3 is 0 Å². The molecule has 0 aliphatic carbocycles. The van der Waals surface area contributed by atoms with Crippen LogP contribution in [0.4, 0.5) is 0 Å². The van der Waals surface area contributed by atoms with Crippen LogP contribution >= 0.6 is 15.9 Å². The fourth-order valence-electron chi connectivity index (χ4n) is 1.55. The quantitative estimate of drug-likeness (QED) is 0.874. The lowest BCUT2D eigenvalue weighted by Gasteiger charge is -2.26. The molecule has 4 heteroatoms. The van der Waals surface area contributed by atoms with Crippen molar-refractivity contribution in [1.29, 1.82) is 0 Å². The maximum absolute atomic E-state index is 9.43. The van der Waals surface area contributed by atoms with Crippen LogP contribution < -0.4 is 0 Å². The predicted octanol–water partition coefficient (Wildman–Crippen LogP) is 2.36. The van der Waals surface area contributed by atoms with Crippen molar-refractivity contribution < 1.29 is 10.2 Å². The van der Waals surface area contributed by atoms with Gasteiger partial charge < -0.3 is 10.2 Å². The number of nitrogens with zero attached hydrogens (tertiary/aromatic N) is 1. The third-order valence-electron chi connectivity index (χ3n) is 2.52. The Morgan fingerprint density at radius 2 is 2.06 bits per heavy atom. The lowest BCUT2D eigenvalue weighted by molar-refractivity contribution is 0.159. The van der Waals surface area contributed by atoms with Gasteiger partial charge in [0.2, 0.25) is 0 Å². The zero-order valence-electron chi connectivity index (χ0n) is 9.65. The van der Waals surface area contributed by atoms with Crippen molar-refractivity contribution in [2.45, 2.75) is 26.4 Å². The van der Waals surface area contributed by atoms with E-state index < -0.39 is 0 Å². The van der Waals surface area contributed by atoms with E-state index in [9.17, 15) is 5.11 Å². The maximum atomic E-state index is 9.43. The normalized spacial score (nSPS) is 11.4. The minimum absolute atomic E-state index is 0.147. The summed E-state index contributed by atoms with van der Waals surface area (Å²) in [6.07, 6.45) is 0. The van der Waals surface area contributed by atoms with Crippen molar-refractivity contribution in [3.63, 3.8) is 0 Å². The number of benzene rings is 1. The van der Waals surface area contributed by atoms with Gasteiger partial charge in [-0.25, -0.2) is 0 Å². The van der Waals surface area contributed by atoms with Crippen LogP contribution in [0.5, 0.6) is 5.75 Å². The van der Waals surface area contributed by atoms with E-state index in [0.717, 1.165) is 10.0 Å². The second-order valence-electron chi connectivity index (χ2n) is 4.06. The van der Waals surface area contributed by atoms with E-state index in [1.165, 1.54) is 0 Å². The summed E-state index contributed by atoms with van der Waals surface area (Å²) in [6.45, 7) is 5.68. The molecule has 1 aromatic rings. The van der Waals surface area contributed by atoms with Gasteiger partial charge in [-0.3, -0.25) is 4.90 Å². The highest BCUT2D eigenvalue weighted by atomic mass is 79.9. The van der Waals surface area contributed by atoms with Crippen LogP contribution in [0.3, 0.4) is 0 Å². The largest absolute Gasteiger partial charge is 0.508 e. The monoisotopic (exact) mass is 287 g/mol. The number of phenols is 1. The van der Waals surface area contributed by atoms with Crippen LogP contribution in [-0.2, 0) is 6.54 Å². The fourth-order valence-corrected chi connectivity index (χ4v) is 1.92. The van der Waals surface area contributed by atoms with Crippen LogP contribution in [0, 0.1) is 0 Å². The highest BCUT2D eigenvalue weighted by molar-refractivity contribution is 9.10. The molecule has 16 heavy (non-hydrogen) atoms. The van der Waals surface area contributed by atoms with Gasteiger partial charge in [0.1, 0.15) is 5.75 Å². The number of aromatic hydroxyl groups is 1. The lowest BCUT2D eigenvalue weighted by Crippen LogP contribution is -2.33. The molecular weight excluding hydrogens is 270 g/mol. The molecule has 1 aromatic carbocycles. The molecule has 0 atom stereocenters. The summed E-state index contributed by atoms with van der Waals surface area (Å²) >= 11 is 3.46. The van der Waals surface area contributed by atoms with Gasteiger partial charge in [-0.05, 0) is 37.6 Å². The molecule has 0 aliphatic heterocycles. The Morgan fingerprint density at radius 3 is 2.62 bits per heavy atom. The highest BCUT2D eigenvalue weighted by Gasteiger charge is 2.11. The van der Waals surface area contributed by atoms with Crippen LogP contribution in [0.1, 0.15) is 19.4 Å². The maximum Gasteiger partial charge on any atom is 0.115 e. The Morgan fingerprint density at radius 1 is 1.38 bits per heavy atom. The molecule has 0 aromatic heterocycles. The second-order valence-corrected chi connectivity index (χ2v) is 4.92. The molecular formula is C12H18BrNO2. The summed E-state index contributed by atoms with van der Waals surface area (Å²) in [5.41, 5.74) is 1.03. The third kappa shape index (κ3) is 3.77. The number of aliphatic hydroxyl groups excluding tert-OH is 1. The topological polar surface area (TPSA) is 43.7 Å². The number of halogens is 1. The van der Waals surface area contributed by atoms with Crippen molar-refractivity contribution >= 4 is 15.9 Å². The van der Waals surface area contributed by atoms with Gasteiger partial charge in [0.25, 0.3) is 0 Å². The Hall–Kier alpha value is -0.580. The van der Waals surface area contributed by atoms with Crippen molar-refractivity contribution in [3.8, 4) is 5.75 Å². The molecule has 0 saturated heterocycles. The first kappa shape index (κ1) is 13.5. The minimum atomic E-state index is 0.147. The van der Waals surface area contributed by atoms with Crippen LogP contribution in [-0.4, -0.2) is 34.3 Å². The van der Waals surface area contributed by atoms with E-state index in [2.05, 4.69) is 34.7 Å². The van der Waals surface area contributed by atoms with Gasteiger partial charge in [0.15, 0.2) is 0 Å². The summed E-state index contributed by atoms with van der Waals surface area (Å²) in [5, 5.41) is 18.4. The Kier molecular flexibility index (Phi) is 5.25. The van der Waals surface area contributed by atoms with Gasteiger partial charge in [-0.2, -0.15) is 0 Å². The number of hydrogen-bond donors (Lipinski definition) is 2. The molecule has 1 rings (SSSR count). The molecule has 0 fully saturated rings. The molecule has 0 aliphatic rings. The van der Waals surface area contributed by atoms with E-state index in [-0.39, 0.29) is 12.4 Å². The van der Waals surface area contributed by atoms with E-state index in [1.54, 1.807) is 12.1 Å². The molecule has 0 bridgehead atoms. The van der Waals surface area contributed by atoms with Gasteiger partial charge in [-0.15, -0.1) is 0 Å². The van der Waals surface area contributed by atoms with Crippen LogP contribution in [0.2, 0.25) is 0 Å². The van der Waals surface area contributed by atoms with Gasteiger partial charge in [0.05, 0.1) is 6.61 Å². The van der Waals surface area contributed by atoms with Gasteiger partial charge in [-0.1, -0.05) is 15.9 Å². The van der Waals surface area contributed by atoms with Crippen LogP contribution in [0.25, 0.3) is 0 Å². The molecule has 0 unspecified atom stereocenters. The van der Waals surface area contributed by atoms with E-state index >= 15 is 0 Å². The summed E-state index contributed by atoms with van der Waals surface area (Å²) < 4.78 is 0.980. The summed E-state index contributed by atoms with van der Waals surface area (Å²) in [5.74, 6) is 0.269. The Bertz CT molecular complexity index is 342. The average molecular weight is 288 g/mol. The van der Waals surface area contributed by atoms with Crippen LogP contribution in [0.15, 0.2) is 22.7 Å². The van der Waals surface area contributed by atoms with Crippen molar-refractivity contribution in [3.05, 3.63) is 28.2 Å². The van der Waals surface area contributed by atoms with E-state index in [4.69, 9.17) is 5.11 Å². The number of phenolic OH excluding ortho intramolecular Hbond substituents is 1. The molecule has 90 valence electrons. The molecule has 0 saturated carbocycles. The number of aliphatic hydroxyl groups is 1. The van der Waals surface area contributed by atoms with Crippen molar-refractivity contribution in [2.24, 2.45) is 0 Å². The molecule has 0 heterocycles. The molecule has 3 nitrogen and oxygen atoms in total. The fraction of sp³-hybridized carbons (Fsp3) is 0.500. The second kappa shape index (κ2) is 6.23. The summed E-state index contributed by atoms with van der Waals surface area (Å²) in [4.78, 5) is 2.15. The van der Waals surface area contributed by atoms with E-state index in [0.29, 0.717) is 19.1 Å². The zero-order valence-corrected chi connectivity index (χ0v) is 11.2. The summed E-state index contributed by atoms with van der Waals surface area (Å²) in [7, 11) is 0. The molecule has 0 spiro atoms. The smallest absolute Gasteiger partial charge is 0.115 e. The molecule has 0 amide bonds. The average Bonchev–Trinajstić information content (AvgIpc) is 2.22. The van der Waals surface area contributed by atoms with Gasteiger partial charge in [0, 0.05) is 23.6 Å². The first-order chi connectivity index (χ1) is 7.54. The lowest BCUT2D eigenvalue weighted by atomic mass is 10.2. The summed E-state index contributed by atoms with van der Waals surface area (Å²) in [6, 6.07) is 5.60. The first-order valence-electron chi connectivity index (χ1n) is 5.37. The zero-order chi connectivity index (χ0) is 12.1. The first-order valence-corrected chi connectivity index (χ1v) is 6.16. The number of hydrogen-bond acceptors (Lipinski definition) is 3. The minimum Gasteiger partial charge on any atom is -0.508 e.